The van der Waals surface area contributed by atoms with E-state index in [4.69, 9.17) is 16.3 Å². The van der Waals surface area contributed by atoms with Gasteiger partial charge in [0.05, 0.1) is 18.8 Å². The molecule has 20 heavy (non-hydrogen) atoms. The smallest absolute Gasteiger partial charge is 0.146 e. The largest absolute Gasteiger partial charge is 0.497 e. The second-order valence-corrected chi connectivity index (χ2v) is 4.81. The molecule has 5 heteroatoms. The molecule has 1 N–H and O–H groups in total. The molecular formula is C15H14ClF2NO. The zero-order valence-electron chi connectivity index (χ0n) is 11.1. The summed E-state index contributed by atoms with van der Waals surface area (Å²) >= 11 is 5.82. The van der Waals surface area contributed by atoms with Crippen molar-refractivity contribution >= 4 is 17.3 Å². The molecule has 0 aliphatic heterocycles. The van der Waals surface area contributed by atoms with E-state index in [1.807, 2.05) is 0 Å². The number of hydrogen-bond acceptors (Lipinski definition) is 2. The fourth-order valence-corrected chi connectivity index (χ4v) is 2.08. The van der Waals surface area contributed by atoms with Crippen molar-refractivity contribution < 1.29 is 13.5 Å². The van der Waals surface area contributed by atoms with Gasteiger partial charge in [-0.1, -0.05) is 17.7 Å². The monoisotopic (exact) mass is 297 g/mol. The Morgan fingerprint density at radius 3 is 2.50 bits per heavy atom. The summed E-state index contributed by atoms with van der Waals surface area (Å²) in [5, 5.41) is 3.32. The first kappa shape index (κ1) is 14.6. The topological polar surface area (TPSA) is 21.3 Å². The van der Waals surface area contributed by atoms with Crippen molar-refractivity contribution in [3.05, 3.63) is 58.6 Å². The van der Waals surface area contributed by atoms with Gasteiger partial charge in [-0.25, -0.2) is 8.78 Å². The molecule has 0 radical (unpaired) electrons. The number of halogens is 3. The minimum Gasteiger partial charge on any atom is -0.497 e. The normalized spacial score (nSPS) is 12.1. The van der Waals surface area contributed by atoms with Crippen LogP contribution in [0.25, 0.3) is 0 Å². The van der Waals surface area contributed by atoms with E-state index in [0.29, 0.717) is 16.3 Å². The van der Waals surface area contributed by atoms with E-state index in [1.165, 1.54) is 31.4 Å². The predicted octanol–water partition coefficient (Wildman–Crippen LogP) is 4.80. The van der Waals surface area contributed by atoms with Crippen molar-refractivity contribution in [1.29, 1.82) is 0 Å². The van der Waals surface area contributed by atoms with Crippen LogP contribution in [0.15, 0.2) is 36.4 Å². The number of hydrogen-bond donors (Lipinski definition) is 1. The van der Waals surface area contributed by atoms with Gasteiger partial charge in [-0.2, -0.15) is 0 Å². The molecule has 0 aromatic heterocycles. The molecule has 0 heterocycles. The quantitative estimate of drug-likeness (QED) is 0.875. The Hall–Kier alpha value is -1.81. The molecule has 0 bridgehead atoms. The maximum atomic E-state index is 13.9. The molecule has 2 rings (SSSR count). The lowest BCUT2D eigenvalue weighted by molar-refractivity contribution is 0.410. The number of ether oxygens (including phenoxy) is 1. The Bertz CT molecular complexity index is 619. The zero-order valence-corrected chi connectivity index (χ0v) is 11.8. The number of nitrogens with one attached hydrogen (secondary N) is 1. The molecule has 2 aromatic carbocycles. The molecule has 2 aromatic rings. The van der Waals surface area contributed by atoms with Gasteiger partial charge in [0, 0.05) is 16.7 Å². The third kappa shape index (κ3) is 3.20. The summed E-state index contributed by atoms with van der Waals surface area (Å²) in [4.78, 5) is 0. The van der Waals surface area contributed by atoms with Crippen LogP contribution in [0.2, 0.25) is 5.02 Å². The standard InChI is InChI=1S/C15H14ClF2NO/c1-9(12-5-4-11(20-2)8-14(12)18)19-15-7-10(16)3-6-13(15)17/h3-9,19H,1-2H3. The van der Waals surface area contributed by atoms with E-state index in [0.717, 1.165) is 0 Å². The molecule has 106 valence electrons. The van der Waals surface area contributed by atoms with Crippen LogP contribution in [0.5, 0.6) is 5.75 Å². The fraction of sp³-hybridized carbons (Fsp3) is 0.200. The van der Waals surface area contributed by atoms with Crippen LogP contribution in [0, 0.1) is 11.6 Å². The van der Waals surface area contributed by atoms with Gasteiger partial charge >= 0.3 is 0 Å². The Balaban J connectivity index is 2.23. The highest BCUT2D eigenvalue weighted by molar-refractivity contribution is 6.30. The third-order valence-electron chi connectivity index (χ3n) is 2.97. The van der Waals surface area contributed by atoms with Gasteiger partial charge in [-0.3, -0.25) is 0 Å². The Labute approximate surface area is 121 Å². The molecular weight excluding hydrogens is 284 g/mol. The minimum absolute atomic E-state index is 0.236. The van der Waals surface area contributed by atoms with Gasteiger partial charge in [0.25, 0.3) is 0 Å². The highest BCUT2D eigenvalue weighted by atomic mass is 35.5. The summed E-state index contributed by atoms with van der Waals surface area (Å²) in [7, 11) is 1.47. The van der Waals surface area contributed by atoms with Crippen molar-refractivity contribution in [2.75, 3.05) is 12.4 Å². The molecule has 1 atom stereocenters. The lowest BCUT2D eigenvalue weighted by Crippen LogP contribution is -2.10. The van der Waals surface area contributed by atoms with Crippen LogP contribution in [-0.2, 0) is 0 Å². The average Bonchev–Trinajstić information content (AvgIpc) is 2.42. The van der Waals surface area contributed by atoms with Crippen LogP contribution in [0.4, 0.5) is 14.5 Å². The predicted molar refractivity (Wildman–Crippen MR) is 76.4 cm³/mol. The third-order valence-corrected chi connectivity index (χ3v) is 3.21. The van der Waals surface area contributed by atoms with E-state index in [9.17, 15) is 8.78 Å². The SMILES string of the molecule is COc1ccc(C(C)Nc2cc(Cl)ccc2F)c(F)c1. The number of methoxy groups -OCH3 is 1. The highest BCUT2D eigenvalue weighted by Gasteiger charge is 2.13. The van der Waals surface area contributed by atoms with E-state index in [2.05, 4.69) is 5.32 Å². The Morgan fingerprint density at radius 2 is 1.85 bits per heavy atom. The molecule has 0 amide bonds. The first-order valence-corrected chi connectivity index (χ1v) is 6.44. The summed E-state index contributed by atoms with van der Waals surface area (Å²) in [6.07, 6.45) is 0. The second kappa shape index (κ2) is 6.09. The molecule has 0 saturated carbocycles. The molecule has 1 unspecified atom stereocenters. The van der Waals surface area contributed by atoms with E-state index in [1.54, 1.807) is 19.1 Å². The maximum Gasteiger partial charge on any atom is 0.146 e. The summed E-state index contributed by atoms with van der Waals surface area (Å²) in [6.45, 7) is 1.74. The first-order valence-electron chi connectivity index (χ1n) is 6.06. The average molecular weight is 298 g/mol. The van der Waals surface area contributed by atoms with Crippen LogP contribution in [0.3, 0.4) is 0 Å². The summed E-state index contributed by atoms with van der Waals surface area (Å²) in [5.41, 5.74) is 0.658. The summed E-state index contributed by atoms with van der Waals surface area (Å²) in [5.74, 6) is -0.408. The molecule has 2 nitrogen and oxygen atoms in total. The number of benzene rings is 2. The van der Waals surface area contributed by atoms with Crippen molar-refractivity contribution in [2.24, 2.45) is 0 Å². The van der Waals surface area contributed by atoms with Gasteiger partial charge in [0.15, 0.2) is 0 Å². The number of anilines is 1. The van der Waals surface area contributed by atoms with Crippen LogP contribution < -0.4 is 10.1 Å². The molecule has 0 aliphatic carbocycles. The molecule has 0 fully saturated rings. The zero-order chi connectivity index (χ0) is 14.7. The first-order chi connectivity index (χ1) is 9.51. The highest BCUT2D eigenvalue weighted by Crippen LogP contribution is 2.27. The van der Waals surface area contributed by atoms with Gasteiger partial charge in [0.1, 0.15) is 17.4 Å². The van der Waals surface area contributed by atoms with Crippen LogP contribution >= 0.6 is 11.6 Å². The van der Waals surface area contributed by atoms with Crippen LogP contribution in [0.1, 0.15) is 18.5 Å². The van der Waals surface area contributed by atoms with Crippen molar-refractivity contribution in [3.8, 4) is 5.75 Å². The van der Waals surface area contributed by atoms with E-state index < -0.39 is 17.7 Å². The Kier molecular flexibility index (Phi) is 4.45. The van der Waals surface area contributed by atoms with Gasteiger partial charge in [-0.15, -0.1) is 0 Å². The maximum absolute atomic E-state index is 13.9. The number of rotatable bonds is 4. The van der Waals surface area contributed by atoms with Crippen molar-refractivity contribution in [1.82, 2.24) is 0 Å². The van der Waals surface area contributed by atoms with Crippen molar-refractivity contribution in [2.45, 2.75) is 13.0 Å². The van der Waals surface area contributed by atoms with Gasteiger partial charge in [-0.05, 0) is 31.2 Å². The second-order valence-electron chi connectivity index (χ2n) is 4.38. The van der Waals surface area contributed by atoms with Gasteiger partial charge in [0.2, 0.25) is 0 Å². The minimum atomic E-state index is -0.435. The van der Waals surface area contributed by atoms with Gasteiger partial charge < -0.3 is 10.1 Å². The molecule has 0 saturated heterocycles. The lowest BCUT2D eigenvalue weighted by atomic mass is 10.1. The summed E-state index contributed by atoms with van der Waals surface area (Å²) in [6, 6.07) is 8.34. The van der Waals surface area contributed by atoms with Crippen LogP contribution in [-0.4, -0.2) is 7.11 Å². The Morgan fingerprint density at radius 1 is 1.10 bits per heavy atom. The fourth-order valence-electron chi connectivity index (χ4n) is 1.91. The summed E-state index contributed by atoms with van der Waals surface area (Å²) < 4.78 is 32.5. The molecule has 0 aliphatic rings. The van der Waals surface area contributed by atoms with E-state index in [-0.39, 0.29) is 5.69 Å². The van der Waals surface area contributed by atoms with Crippen molar-refractivity contribution in [3.63, 3.8) is 0 Å². The molecule has 0 spiro atoms. The van der Waals surface area contributed by atoms with E-state index >= 15 is 0 Å². The lowest BCUT2D eigenvalue weighted by Gasteiger charge is -2.17.